The Hall–Kier alpha value is -1.15. The van der Waals surface area contributed by atoms with Gasteiger partial charge in [-0.1, -0.05) is 0 Å². The van der Waals surface area contributed by atoms with Crippen LogP contribution in [0.5, 0.6) is 0 Å². The van der Waals surface area contributed by atoms with E-state index < -0.39 is 10.0 Å². The highest BCUT2D eigenvalue weighted by atomic mass is 32.2. The molecule has 2 rings (SSSR count). The van der Waals surface area contributed by atoms with Gasteiger partial charge in [0.05, 0.1) is 11.5 Å². The highest BCUT2D eigenvalue weighted by molar-refractivity contribution is 7.89. The molecule has 1 atom stereocenters. The molecule has 0 spiro atoms. The van der Waals surface area contributed by atoms with E-state index in [9.17, 15) is 8.42 Å². The molecule has 21 heavy (non-hydrogen) atoms. The maximum atomic E-state index is 12.1. The average Bonchev–Trinajstić information content (AvgIpc) is 3.22. The number of nitrogens with zero attached hydrogens (tertiary/aromatic N) is 1. The van der Waals surface area contributed by atoms with E-state index in [2.05, 4.69) is 4.72 Å². The summed E-state index contributed by atoms with van der Waals surface area (Å²) in [4.78, 5) is 2.28. The first kappa shape index (κ1) is 16.2. The first-order valence-electron chi connectivity index (χ1n) is 7.00. The van der Waals surface area contributed by atoms with Crippen LogP contribution in [-0.2, 0) is 14.8 Å². The average molecular weight is 313 g/mol. The van der Waals surface area contributed by atoms with Crippen LogP contribution in [0.2, 0.25) is 0 Å². The van der Waals surface area contributed by atoms with Crippen LogP contribution in [0.25, 0.3) is 0 Å². The molecule has 0 bridgehead atoms. The molecule has 1 unspecified atom stereocenters. The molecule has 3 N–H and O–H groups in total. The quantitative estimate of drug-likeness (QED) is 0.731. The fourth-order valence-electron chi connectivity index (χ4n) is 2.09. The maximum Gasteiger partial charge on any atom is 0.240 e. The van der Waals surface area contributed by atoms with Crippen LogP contribution in [0, 0.1) is 0 Å². The van der Waals surface area contributed by atoms with E-state index in [1.54, 1.807) is 31.4 Å². The van der Waals surface area contributed by atoms with E-state index in [4.69, 9.17) is 10.5 Å². The lowest BCUT2D eigenvalue weighted by Gasteiger charge is -2.23. The third-order valence-electron chi connectivity index (χ3n) is 3.38. The van der Waals surface area contributed by atoms with Crippen molar-refractivity contribution in [1.82, 2.24) is 4.72 Å². The number of ether oxygens (including phenoxy) is 1. The van der Waals surface area contributed by atoms with Crippen molar-refractivity contribution in [1.29, 1.82) is 0 Å². The zero-order valence-corrected chi connectivity index (χ0v) is 13.3. The molecule has 1 aliphatic carbocycles. The Balaban J connectivity index is 2.00. The largest absolute Gasteiger partial charge is 0.383 e. The van der Waals surface area contributed by atoms with Gasteiger partial charge >= 0.3 is 0 Å². The van der Waals surface area contributed by atoms with E-state index in [-0.39, 0.29) is 12.1 Å². The molecule has 0 amide bonds. The van der Waals surface area contributed by atoms with Crippen molar-refractivity contribution in [2.24, 2.45) is 5.73 Å². The Morgan fingerprint density at radius 1 is 1.38 bits per heavy atom. The van der Waals surface area contributed by atoms with Crippen LogP contribution in [0.3, 0.4) is 0 Å². The highest BCUT2D eigenvalue weighted by Gasteiger charge is 2.27. The van der Waals surface area contributed by atoms with Crippen LogP contribution >= 0.6 is 0 Å². The Bertz CT molecular complexity index is 555. The fraction of sp³-hybridized carbons (Fsp3) is 0.571. The summed E-state index contributed by atoms with van der Waals surface area (Å²) < 4.78 is 31.8. The molecule has 0 radical (unpaired) electrons. The second kappa shape index (κ2) is 6.74. The second-order valence-corrected chi connectivity index (χ2v) is 7.20. The van der Waals surface area contributed by atoms with Gasteiger partial charge in [-0.2, -0.15) is 0 Å². The Kier molecular flexibility index (Phi) is 5.21. The number of nitrogens with two attached hydrogens (primary N) is 1. The van der Waals surface area contributed by atoms with Gasteiger partial charge in [-0.05, 0) is 37.1 Å². The Labute approximate surface area is 126 Å². The summed E-state index contributed by atoms with van der Waals surface area (Å²) in [7, 11) is 0.151. The van der Waals surface area contributed by atoms with Crippen LogP contribution in [-0.4, -0.2) is 47.8 Å². The molecule has 0 saturated heterocycles. The number of methoxy groups -OCH3 is 1. The van der Waals surface area contributed by atoms with Crippen molar-refractivity contribution in [2.75, 3.05) is 32.2 Å². The van der Waals surface area contributed by atoms with E-state index in [0.717, 1.165) is 18.5 Å². The van der Waals surface area contributed by atoms with Gasteiger partial charge in [-0.15, -0.1) is 0 Å². The van der Waals surface area contributed by atoms with Crippen LogP contribution in [0.1, 0.15) is 12.8 Å². The molecule has 1 aliphatic rings. The molecule has 0 aromatic heterocycles. The van der Waals surface area contributed by atoms with Crippen molar-refractivity contribution < 1.29 is 13.2 Å². The van der Waals surface area contributed by atoms with Crippen molar-refractivity contribution >= 4 is 15.7 Å². The summed E-state index contributed by atoms with van der Waals surface area (Å²) in [5.41, 5.74) is 6.83. The van der Waals surface area contributed by atoms with E-state index in [1.165, 1.54) is 0 Å². The van der Waals surface area contributed by atoms with E-state index in [0.29, 0.717) is 18.0 Å². The third kappa shape index (κ3) is 4.67. The SMILES string of the molecule is COCC(N)CN(C)c1ccc(S(=O)(=O)NC2CC2)cc1. The number of hydrogen-bond acceptors (Lipinski definition) is 5. The molecule has 7 heteroatoms. The van der Waals surface area contributed by atoms with Crippen molar-refractivity contribution in [3.8, 4) is 0 Å². The first-order chi connectivity index (χ1) is 9.92. The maximum absolute atomic E-state index is 12.1. The standard InChI is InChI=1S/C14H23N3O3S/c1-17(9-11(15)10-20-2)13-5-7-14(8-6-13)21(18,19)16-12-3-4-12/h5-8,11-12,16H,3-4,9-10,15H2,1-2H3. The summed E-state index contributed by atoms with van der Waals surface area (Å²) >= 11 is 0. The molecule has 1 saturated carbocycles. The lowest BCUT2D eigenvalue weighted by Crippen LogP contribution is -2.38. The first-order valence-corrected chi connectivity index (χ1v) is 8.49. The zero-order chi connectivity index (χ0) is 15.5. The van der Waals surface area contributed by atoms with Crippen molar-refractivity contribution in [3.63, 3.8) is 0 Å². The molecule has 118 valence electrons. The highest BCUT2D eigenvalue weighted by Crippen LogP contribution is 2.23. The minimum absolute atomic E-state index is 0.0834. The number of rotatable bonds is 8. The summed E-state index contributed by atoms with van der Waals surface area (Å²) in [5.74, 6) is 0. The van der Waals surface area contributed by atoms with Gasteiger partial charge in [0.25, 0.3) is 0 Å². The van der Waals surface area contributed by atoms with Crippen LogP contribution in [0.4, 0.5) is 5.69 Å². The lowest BCUT2D eigenvalue weighted by atomic mass is 10.2. The minimum atomic E-state index is -3.38. The predicted octanol–water partition coefficient (Wildman–Crippen LogP) is 0.537. The topological polar surface area (TPSA) is 84.7 Å². The predicted molar refractivity (Wildman–Crippen MR) is 82.9 cm³/mol. The zero-order valence-electron chi connectivity index (χ0n) is 12.5. The number of nitrogens with one attached hydrogen (secondary N) is 1. The van der Waals surface area contributed by atoms with E-state index in [1.807, 2.05) is 11.9 Å². The molecule has 6 nitrogen and oxygen atoms in total. The number of anilines is 1. The monoisotopic (exact) mass is 313 g/mol. The molecule has 1 fully saturated rings. The van der Waals surface area contributed by atoms with E-state index >= 15 is 0 Å². The summed E-state index contributed by atoms with van der Waals surface area (Å²) in [6.45, 7) is 1.13. The van der Waals surface area contributed by atoms with Crippen molar-refractivity contribution in [3.05, 3.63) is 24.3 Å². The lowest BCUT2D eigenvalue weighted by molar-refractivity contribution is 0.181. The smallest absolute Gasteiger partial charge is 0.240 e. The third-order valence-corrected chi connectivity index (χ3v) is 4.91. The van der Waals surface area contributed by atoms with Crippen LogP contribution in [0.15, 0.2) is 29.2 Å². The van der Waals surface area contributed by atoms with Gasteiger partial charge in [0.1, 0.15) is 0 Å². The van der Waals surface area contributed by atoms with Crippen LogP contribution < -0.4 is 15.4 Å². The normalized spacial score (nSPS) is 16.7. The molecular weight excluding hydrogens is 290 g/mol. The van der Waals surface area contributed by atoms with Gasteiger partial charge in [-0.3, -0.25) is 0 Å². The molecular formula is C14H23N3O3S. The fourth-order valence-corrected chi connectivity index (χ4v) is 3.40. The van der Waals surface area contributed by atoms with Gasteiger partial charge < -0.3 is 15.4 Å². The minimum Gasteiger partial charge on any atom is -0.383 e. The Morgan fingerprint density at radius 2 is 2.00 bits per heavy atom. The van der Waals surface area contributed by atoms with Gasteiger partial charge in [0.15, 0.2) is 0 Å². The number of likely N-dealkylation sites (N-methyl/N-ethyl adjacent to an activating group) is 1. The second-order valence-electron chi connectivity index (χ2n) is 5.49. The summed E-state index contributed by atoms with van der Waals surface area (Å²) in [6.07, 6.45) is 1.86. The molecule has 0 aliphatic heterocycles. The number of benzene rings is 1. The van der Waals surface area contributed by atoms with Gasteiger partial charge in [-0.25, -0.2) is 13.1 Å². The summed E-state index contributed by atoms with van der Waals surface area (Å²) in [5, 5.41) is 0. The molecule has 1 aromatic rings. The van der Waals surface area contributed by atoms with Gasteiger partial charge in [0, 0.05) is 38.5 Å². The number of sulfonamides is 1. The number of hydrogen-bond donors (Lipinski definition) is 2. The summed E-state index contributed by atoms with van der Waals surface area (Å²) in [6, 6.07) is 6.86. The Morgan fingerprint density at radius 3 is 2.52 bits per heavy atom. The molecule has 1 aromatic carbocycles. The van der Waals surface area contributed by atoms with Crippen molar-refractivity contribution in [2.45, 2.75) is 29.8 Å². The van der Waals surface area contributed by atoms with Gasteiger partial charge in [0.2, 0.25) is 10.0 Å². The molecule has 0 heterocycles.